The van der Waals surface area contributed by atoms with Crippen molar-refractivity contribution in [1.82, 2.24) is 9.55 Å². The summed E-state index contributed by atoms with van der Waals surface area (Å²) in [5, 5.41) is 0. The van der Waals surface area contributed by atoms with Crippen LogP contribution in [0.3, 0.4) is 0 Å². The van der Waals surface area contributed by atoms with E-state index in [9.17, 15) is 0 Å². The van der Waals surface area contributed by atoms with E-state index in [1.54, 1.807) is 0 Å². The Labute approximate surface area is 266 Å². The number of imidazole rings is 1. The largest absolute Gasteiger partial charge is 0.332 e. The monoisotopic (exact) mass is 587 g/mol. The van der Waals surface area contributed by atoms with Crippen LogP contribution in [0.25, 0.3) is 0 Å². The number of rotatable bonds is 33. The van der Waals surface area contributed by atoms with E-state index in [-0.39, 0.29) is 0 Å². The zero-order valence-electron chi connectivity index (χ0n) is 29.6. The number of nitrogens with zero attached hydrogens (tertiary/aromatic N) is 2. The molecule has 0 saturated heterocycles. The first-order chi connectivity index (χ1) is 20.7. The van der Waals surface area contributed by atoms with E-state index < -0.39 is 0 Å². The van der Waals surface area contributed by atoms with Gasteiger partial charge in [0.05, 0.1) is 0 Å². The van der Waals surface area contributed by atoms with Gasteiger partial charge in [0.25, 0.3) is 0 Å². The molecule has 2 unspecified atom stereocenters. The molecule has 1 aromatic rings. The molecular formula is C40H78N2. The topological polar surface area (TPSA) is 17.8 Å². The minimum absolute atomic E-state index is 0.589. The van der Waals surface area contributed by atoms with Crippen molar-refractivity contribution in [3.8, 4) is 0 Å². The molecule has 0 aliphatic carbocycles. The molecule has 1 rings (SSSR count). The highest BCUT2D eigenvalue weighted by Crippen LogP contribution is 2.30. The Kier molecular flexibility index (Phi) is 28.3. The lowest BCUT2D eigenvalue weighted by molar-refractivity contribution is 0.415. The van der Waals surface area contributed by atoms with Crippen LogP contribution in [-0.4, -0.2) is 9.55 Å². The Morgan fingerprint density at radius 2 is 0.786 bits per heavy atom. The summed E-state index contributed by atoms with van der Waals surface area (Å²) in [5.74, 6) is 2.05. The van der Waals surface area contributed by atoms with Crippen molar-refractivity contribution in [2.45, 2.75) is 239 Å². The average Bonchev–Trinajstić information content (AvgIpc) is 3.49. The smallest absolute Gasteiger partial charge is 0.111 e. The van der Waals surface area contributed by atoms with Gasteiger partial charge in [0.15, 0.2) is 0 Å². The number of hydrogen-bond donors (Lipinski definition) is 0. The molecule has 0 bridgehead atoms. The molecule has 0 N–H and O–H groups in total. The zero-order chi connectivity index (χ0) is 30.4. The van der Waals surface area contributed by atoms with Gasteiger partial charge in [-0.25, -0.2) is 4.98 Å². The molecule has 0 aliphatic rings. The van der Waals surface area contributed by atoms with Crippen LogP contribution in [0, 0.1) is 0 Å². The van der Waals surface area contributed by atoms with Gasteiger partial charge in [-0.2, -0.15) is 0 Å². The summed E-state index contributed by atoms with van der Waals surface area (Å²) in [7, 11) is 0. The summed E-state index contributed by atoms with van der Waals surface area (Å²) in [6.45, 7) is 9.39. The summed E-state index contributed by atoms with van der Waals surface area (Å²) in [6.07, 6.45) is 48.3. The third-order valence-corrected chi connectivity index (χ3v) is 9.83. The molecule has 0 spiro atoms. The molecule has 1 aromatic heterocycles. The SMILES string of the molecule is CCCCCCCCCCCCCCCC(CCCC)c1nccn1C(C)CCCCCCCCCCCCCCC. The third kappa shape index (κ3) is 21.8. The lowest BCUT2D eigenvalue weighted by Crippen LogP contribution is -2.13. The Balaban J connectivity index is 2.18. The zero-order valence-corrected chi connectivity index (χ0v) is 29.6. The van der Waals surface area contributed by atoms with Crippen molar-refractivity contribution in [3.63, 3.8) is 0 Å². The van der Waals surface area contributed by atoms with E-state index in [0.717, 1.165) is 0 Å². The molecule has 1 heterocycles. The van der Waals surface area contributed by atoms with Crippen LogP contribution in [-0.2, 0) is 0 Å². The van der Waals surface area contributed by atoms with E-state index in [4.69, 9.17) is 4.98 Å². The van der Waals surface area contributed by atoms with Crippen molar-refractivity contribution in [2.24, 2.45) is 0 Å². The van der Waals surface area contributed by atoms with Crippen LogP contribution < -0.4 is 0 Å². The molecule has 0 radical (unpaired) electrons. The minimum atomic E-state index is 0.589. The maximum atomic E-state index is 4.95. The van der Waals surface area contributed by atoms with Crippen LogP contribution >= 0.6 is 0 Å². The van der Waals surface area contributed by atoms with Crippen molar-refractivity contribution in [3.05, 3.63) is 18.2 Å². The molecule has 2 heteroatoms. The summed E-state index contributed by atoms with van der Waals surface area (Å²) in [6, 6.07) is 0.589. The molecule has 248 valence electrons. The molecular weight excluding hydrogens is 508 g/mol. The lowest BCUT2D eigenvalue weighted by atomic mass is 9.93. The normalized spacial score (nSPS) is 13.1. The van der Waals surface area contributed by atoms with Crippen molar-refractivity contribution in [1.29, 1.82) is 0 Å². The molecule has 42 heavy (non-hydrogen) atoms. The van der Waals surface area contributed by atoms with Gasteiger partial charge < -0.3 is 4.57 Å². The quantitative estimate of drug-likeness (QED) is 0.0749. The fourth-order valence-corrected chi connectivity index (χ4v) is 6.87. The standard InChI is InChI=1S/C40H78N2/c1-5-8-11-13-15-17-19-21-23-25-27-29-31-33-38(4)42-37-36-41-40(42)39(34-10-7-3)35-32-30-28-26-24-22-20-18-16-14-12-9-6-2/h36-39H,5-35H2,1-4H3. The number of hydrogen-bond acceptors (Lipinski definition) is 1. The van der Waals surface area contributed by atoms with Gasteiger partial charge >= 0.3 is 0 Å². The number of aromatic nitrogens is 2. The van der Waals surface area contributed by atoms with Crippen molar-refractivity contribution >= 4 is 0 Å². The lowest BCUT2D eigenvalue weighted by Gasteiger charge is -2.22. The minimum Gasteiger partial charge on any atom is -0.332 e. The second kappa shape index (κ2) is 30.2. The Bertz CT molecular complexity index is 650. The predicted molar refractivity (Wildman–Crippen MR) is 190 cm³/mol. The van der Waals surface area contributed by atoms with Gasteiger partial charge in [-0.15, -0.1) is 0 Å². The molecule has 2 nitrogen and oxygen atoms in total. The first-order valence-corrected chi connectivity index (χ1v) is 19.8. The number of unbranched alkanes of at least 4 members (excludes halogenated alkanes) is 25. The third-order valence-electron chi connectivity index (χ3n) is 9.83. The highest BCUT2D eigenvalue weighted by atomic mass is 15.1. The van der Waals surface area contributed by atoms with Gasteiger partial charge in [-0.3, -0.25) is 0 Å². The molecule has 0 aliphatic heterocycles. The summed E-state index contributed by atoms with van der Waals surface area (Å²) in [4.78, 5) is 4.95. The molecule has 2 atom stereocenters. The van der Waals surface area contributed by atoms with Crippen LogP contribution in [0.5, 0.6) is 0 Å². The van der Waals surface area contributed by atoms with E-state index in [1.807, 2.05) is 0 Å². The summed E-state index contributed by atoms with van der Waals surface area (Å²) >= 11 is 0. The van der Waals surface area contributed by atoms with Crippen molar-refractivity contribution in [2.75, 3.05) is 0 Å². The predicted octanol–water partition coefficient (Wildman–Crippen LogP) is 14.7. The second-order valence-corrected chi connectivity index (χ2v) is 13.9. The fraction of sp³-hybridized carbons (Fsp3) is 0.925. The first-order valence-electron chi connectivity index (χ1n) is 19.8. The van der Waals surface area contributed by atoms with E-state index in [2.05, 4.69) is 44.7 Å². The van der Waals surface area contributed by atoms with E-state index >= 15 is 0 Å². The van der Waals surface area contributed by atoms with Crippen LogP contribution in [0.15, 0.2) is 12.4 Å². The average molecular weight is 587 g/mol. The molecule has 0 aromatic carbocycles. The summed E-state index contributed by atoms with van der Waals surface area (Å²) < 4.78 is 2.56. The second-order valence-electron chi connectivity index (χ2n) is 13.9. The highest BCUT2D eigenvalue weighted by molar-refractivity contribution is 5.02. The van der Waals surface area contributed by atoms with Crippen LogP contribution in [0.1, 0.15) is 245 Å². The van der Waals surface area contributed by atoms with E-state index in [0.29, 0.717) is 12.0 Å². The maximum absolute atomic E-state index is 4.95. The van der Waals surface area contributed by atoms with Gasteiger partial charge in [0, 0.05) is 24.4 Å². The fourth-order valence-electron chi connectivity index (χ4n) is 6.87. The Morgan fingerprint density at radius 3 is 1.19 bits per heavy atom. The van der Waals surface area contributed by atoms with Crippen molar-refractivity contribution < 1.29 is 0 Å². The molecule has 0 saturated carbocycles. The Hall–Kier alpha value is -0.790. The van der Waals surface area contributed by atoms with Gasteiger partial charge in [0.2, 0.25) is 0 Å². The van der Waals surface area contributed by atoms with Gasteiger partial charge in [-0.1, -0.05) is 201 Å². The molecule has 0 fully saturated rings. The molecule has 0 amide bonds. The van der Waals surface area contributed by atoms with Gasteiger partial charge in [-0.05, 0) is 26.2 Å². The van der Waals surface area contributed by atoms with Crippen LogP contribution in [0.2, 0.25) is 0 Å². The first kappa shape index (κ1) is 39.2. The Morgan fingerprint density at radius 1 is 0.452 bits per heavy atom. The summed E-state index contributed by atoms with van der Waals surface area (Å²) in [5.41, 5.74) is 0. The van der Waals surface area contributed by atoms with E-state index in [1.165, 1.54) is 205 Å². The highest BCUT2D eigenvalue weighted by Gasteiger charge is 2.19. The maximum Gasteiger partial charge on any atom is 0.111 e. The van der Waals surface area contributed by atoms with Gasteiger partial charge in [0.1, 0.15) is 5.82 Å². The van der Waals surface area contributed by atoms with Crippen LogP contribution in [0.4, 0.5) is 0 Å².